The standard InChI is InChI=1S/C24H21N3O4S2/c28-21(25-10-8-16-4-2-1-3-5-16)14-33-24-26-18-9-11-32-22(18)23(29)27(24)13-17-6-7-19-20(12-17)31-15-30-19/h1-7,9,11-12H,8,10,13-15H2,(H,25,28). The van der Waals surface area contributed by atoms with E-state index in [-0.39, 0.29) is 24.0 Å². The number of benzene rings is 2. The van der Waals surface area contributed by atoms with Crippen molar-refractivity contribution in [2.24, 2.45) is 0 Å². The number of hydrogen-bond donors (Lipinski definition) is 1. The van der Waals surface area contributed by atoms with Gasteiger partial charge in [-0.3, -0.25) is 14.2 Å². The third kappa shape index (κ3) is 4.89. The lowest BCUT2D eigenvalue weighted by atomic mass is 10.1. The number of ether oxygens (including phenoxy) is 2. The lowest BCUT2D eigenvalue weighted by molar-refractivity contribution is -0.118. The van der Waals surface area contributed by atoms with Crippen LogP contribution in [0.15, 0.2) is 69.9 Å². The molecule has 0 fully saturated rings. The Morgan fingerprint density at radius 2 is 1.94 bits per heavy atom. The molecular weight excluding hydrogens is 458 g/mol. The molecule has 4 aromatic rings. The summed E-state index contributed by atoms with van der Waals surface area (Å²) in [7, 11) is 0. The van der Waals surface area contributed by atoms with Crippen molar-refractivity contribution < 1.29 is 14.3 Å². The van der Waals surface area contributed by atoms with Gasteiger partial charge < -0.3 is 14.8 Å². The van der Waals surface area contributed by atoms with Gasteiger partial charge in [-0.1, -0.05) is 48.2 Å². The molecule has 0 radical (unpaired) electrons. The zero-order chi connectivity index (χ0) is 22.6. The van der Waals surface area contributed by atoms with Crippen molar-refractivity contribution in [1.82, 2.24) is 14.9 Å². The van der Waals surface area contributed by atoms with Crippen LogP contribution in [-0.2, 0) is 17.8 Å². The highest BCUT2D eigenvalue weighted by molar-refractivity contribution is 7.99. The van der Waals surface area contributed by atoms with Crippen molar-refractivity contribution in [2.45, 2.75) is 18.1 Å². The maximum atomic E-state index is 13.2. The van der Waals surface area contributed by atoms with E-state index in [9.17, 15) is 9.59 Å². The molecule has 33 heavy (non-hydrogen) atoms. The largest absolute Gasteiger partial charge is 0.454 e. The van der Waals surface area contributed by atoms with Crippen LogP contribution in [0.1, 0.15) is 11.1 Å². The molecular formula is C24H21N3O4S2. The molecule has 0 saturated heterocycles. The van der Waals surface area contributed by atoms with Crippen LogP contribution < -0.4 is 20.3 Å². The quantitative estimate of drug-likeness (QED) is 0.307. The summed E-state index contributed by atoms with van der Waals surface area (Å²) in [6, 6.07) is 17.5. The van der Waals surface area contributed by atoms with Crippen LogP contribution in [0.4, 0.5) is 0 Å². The van der Waals surface area contributed by atoms with E-state index in [4.69, 9.17) is 9.47 Å². The molecule has 0 saturated carbocycles. The Morgan fingerprint density at radius 1 is 1.09 bits per heavy atom. The Hall–Kier alpha value is -3.30. The van der Waals surface area contributed by atoms with Crippen molar-refractivity contribution >= 4 is 39.2 Å². The van der Waals surface area contributed by atoms with E-state index in [1.54, 1.807) is 4.57 Å². The topological polar surface area (TPSA) is 82.5 Å². The Kier molecular flexibility index (Phi) is 6.32. The van der Waals surface area contributed by atoms with Gasteiger partial charge in [0.05, 0.1) is 17.8 Å². The Bertz CT molecular complexity index is 1350. The minimum Gasteiger partial charge on any atom is -0.454 e. The molecule has 0 spiro atoms. The van der Waals surface area contributed by atoms with E-state index < -0.39 is 0 Å². The zero-order valence-electron chi connectivity index (χ0n) is 17.7. The molecule has 2 aromatic carbocycles. The van der Waals surface area contributed by atoms with Crippen molar-refractivity contribution in [1.29, 1.82) is 0 Å². The fourth-order valence-corrected chi connectivity index (χ4v) is 5.17. The van der Waals surface area contributed by atoms with E-state index in [1.165, 1.54) is 28.7 Å². The summed E-state index contributed by atoms with van der Waals surface area (Å²) in [6.45, 7) is 1.08. The molecule has 7 nitrogen and oxygen atoms in total. The summed E-state index contributed by atoms with van der Waals surface area (Å²) >= 11 is 2.64. The number of hydrogen-bond acceptors (Lipinski definition) is 7. The van der Waals surface area contributed by atoms with Gasteiger partial charge in [0.25, 0.3) is 5.56 Å². The van der Waals surface area contributed by atoms with Gasteiger partial charge in [-0.25, -0.2) is 4.98 Å². The maximum absolute atomic E-state index is 13.2. The van der Waals surface area contributed by atoms with Crippen LogP contribution in [-0.4, -0.2) is 34.5 Å². The van der Waals surface area contributed by atoms with Gasteiger partial charge in [0.2, 0.25) is 12.7 Å². The van der Waals surface area contributed by atoms with E-state index in [0.717, 1.165) is 12.0 Å². The average molecular weight is 480 g/mol. The SMILES string of the molecule is O=C(CSc1nc2ccsc2c(=O)n1Cc1ccc2c(c1)OCO2)NCCc1ccccc1. The third-order valence-corrected chi connectivity index (χ3v) is 7.09. The summed E-state index contributed by atoms with van der Waals surface area (Å²) < 4.78 is 13.1. The van der Waals surface area contributed by atoms with Gasteiger partial charge in [0.1, 0.15) is 4.70 Å². The molecule has 1 aliphatic rings. The number of carbonyl (C=O) groups is 1. The number of nitrogens with zero attached hydrogens (tertiary/aromatic N) is 2. The van der Waals surface area contributed by atoms with E-state index in [2.05, 4.69) is 10.3 Å². The van der Waals surface area contributed by atoms with Crippen LogP contribution in [0.5, 0.6) is 11.5 Å². The average Bonchev–Trinajstić information content (AvgIpc) is 3.49. The molecule has 1 amide bonds. The Morgan fingerprint density at radius 3 is 2.82 bits per heavy atom. The fourth-order valence-electron chi connectivity index (χ4n) is 3.57. The zero-order valence-corrected chi connectivity index (χ0v) is 19.3. The predicted molar refractivity (Wildman–Crippen MR) is 129 cm³/mol. The molecule has 1 aliphatic heterocycles. The van der Waals surface area contributed by atoms with Crippen LogP contribution in [0.2, 0.25) is 0 Å². The van der Waals surface area contributed by atoms with Crippen LogP contribution in [0.3, 0.4) is 0 Å². The maximum Gasteiger partial charge on any atom is 0.272 e. The van der Waals surface area contributed by atoms with E-state index in [1.807, 2.05) is 60.0 Å². The van der Waals surface area contributed by atoms with Gasteiger partial charge in [-0.15, -0.1) is 11.3 Å². The summed E-state index contributed by atoms with van der Waals surface area (Å²) in [5.74, 6) is 1.44. The van der Waals surface area contributed by atoms with Gasteiger partial charge in [-0.2, -0.15) is 0 Å². The van der Waals surface area contributed by atoms with Crippen LogP contribution in [0, 0.1) is 0 Å². The molecule has 2 aromatic heterocycles. The van der Waals surface area contributed by atoms with E-state index in [0.29, 0.717) is 40.0 Å². The number of carbonyl (C=O) groups excluding carboxylic acids is 1. The first-order valence-corrected chi connectivity index (χ1v) is 12.3. The number of nitrogens with one attached hydrogen (secondary N) is 1. The Balaban J connectivity index is 1.30. The molecule has 3 heterocycles. The van der Waals surface area contributed by atoms with Gasteiger partial charge >= 0.3 is 0 Å². The summed E-state index contributed by atoms with van der Waals surface area (Å²) in [5.41, 5.74) is 2.61. The molecule has 0 unspecified atom stereocenters. The van der Waals surface area contributed by atoms with Crippen molar-refractivity contribution in [3.63, 3.8) is 0 Å². The molecule has 0 atom stereocenters. The molecule has 9 heteroatoms. The monoisotopic (exact) mass is 479 g/mol. The number of amides is 1. The molecule has 0 aliphatic carbocycles. The lowest BCUT2D eigenvalue weighted by Gasteiger charge is -2.12. The highest BCUT2D eigenvalue weighted by atomic mass is 32.2. The van der Waals surface area contributed by atoms with Crippen molar-refractivity contribution in [2.75, 3.05) is 19.1 Å². The first kappa shape index (κ1) is 21.5. The van der Waals surface area contributed by atoms with Gasteiger partial charge in [0, 0.05) is 6.54 Å². The van der Waals surface area contributed by atoms with Crippen LogP contribution >= 0.6 is 23.1 Å². The summed E-state index contributed by atoms with van der Waals surface area (Å²) in [4.78, 5) is 30.3. The van der Waals surface area contributed by atoms with Crippen molar-refractivity contribution in [3.8, 4) is 11.5 Å². The van der Waals surface area contributed by atoms with E-state index >= 15 is 0 Å². The molecule has 1 N–H and O–H groups in total. The number of aromatic nitrogens is 2. The summed E-state index contributed by atoms with van der Waals surface area (Å²) in [6.07, 6.45) is 0.769. The van der Waals surface area contributed by atoms with Crippen molar-refractivity contribution in [3.05, 3.63) is 81.5 Å². The highest BCUT2D eigenvalue weighted by Gasteiger charge is 2.17. The predicted octanol–water partition coefficient (Wildman–Crippen LogP) is 3.69. The molecule has 5 rings (SSSR count). The smallest absolute Gasteiger partial charge is 0.272 e. The molecule has 168 valence electrons. The van der Waals surface area contributed by atoms with Gasteiger partial charge in [-0.05, 0) is 41.1 Å². The first-order valence-electron chi connectivity index (χ1n) is 10.5. The normalized spacial score (nSPS) is 12.2. The second-order valence-electron chi connectivity index (χ2n) is 7.48. The highest BCUT2D eigenvalue weighted by Crippen LogP contribution is 2.33. The number of thiophene rings is 1. The second kappa shape index (κ2) is 9.68. The minimum atomic E-state index is -0.111. The van der Waals surface area contributed by atoms with Gasteiger partial charge in [0.15, 0.2) is 16.7 Å². The fraction of sp³-hybridized carbons (Fsp3) is 0.208. The minimum absolute atomic E-state index is 0.0924. The first-order chi connectivity index (χ1) is 16.2. The number of fused-ring (bicyclic) bond motifs is 2. The number of rotatable bonds is 8. The summed E-state index contributed by atoms with van der Waals surface area (Å²) in [5, 5.41) is 5.31. The number of thioether (sulfide) groups is 1. The molecule has 0 bridgehead atoms. The Labute approximate surface area is 198 Å². The second-order valence-corrected chi connectivity index (χ2v) is 9.34. The van der Waals surface area contributed by atoms with Crippen LogP contribution in [0.25, 0.3) is 10.2 Å². The third-order valence-electron chi connectivity index (χ3n) is 5.22. The lowest BCUT2D eigenvalue weighted by Crippen LogP contribution is -2.28.